The zero-order valence-electron chi connectivity index (χ0n) is 18.2. The highest BCUT2D eigenvalue weighted by molar-refractivity contribution is 6.31. The minimum atomic E-state index is -0.437. The van der Waals surface area contributed by atoms with Crippen LogP contribution in [0.3, 0.4) is 0 Å². The van der Waals surface area contributed by atoms with E-state index >= 15 is 0 Å². The number of amides is 1. The first kappa shape index (κ1) is 21.8. The number of phenolic OH excluding ortho intramolecular Hbond substituents is 1. The minimum Gasteiger partial charge on any atom is -0.507 e. The number of fused-ring (bicyclic) bond motifs is 1. The Balaban J connectivity index is 1.56. The molecule has 0 radical (unpaired) electrons. The normalized spacial score (nSPS) is 14.8. The number of aromatic nitrogens is 2. The van der Waals surface area contributed by atoms with Crippen LogP contribution in [0.15, 0.2) is 85.5 Å². The Morgan fingerprint density at radius 1 is 1.12 bits per heavy atom. The number of hydrogen-bond acceptors (Lipinski definition) is 4. The van der Waals surface area contributed by atoms with E-state index in [1.54, 1.807) is 23.1 Å². The van der Waals surface area contributed by atoms with Crippen molar-refractivity contribution in [2.45, 2.75) is 12.6 Å². The number of aromatic hydroxyl groups is 1. The summed E-state index contributed by atoms with van der Waals surface area (Å²) in [5, 5.41) is 18.2. The molecule has 2 heterocycles. The summed E-state index contributed by atoms with van der Waals surface area (Å²) in [5.41, 5.74) is 3.94. The number of aromatic amines is 1. The van der Waals surface area contributed by atoms with E-state index in [1.165, 1.54) is 6.07 Å². The summed E-state index contributed by atoms with van der Waals surface area (Å²) in [6, 6.07) is 21.9. The molecular formula is C27H22ClN3O3. The molecule has 0 spiro atoms. The van der Waals surface area contributed by atoms with Crippen molar-refractivity contribution in [1.82, 2.24) is 15.1 Å². The van der Waals surface area contributed by atoms with Gasteiger partial charge in [-0.05, 0) is 41.5 Å². The van der Waals surface area contributed by atoms with Gasteiger partial charge >= 0.3 is 0 Å². The van der Waals surface area contributed by atoms with Crippen LogP contribution in [-0.4, -0.2) is 32.7 Å². The van der Waals surface area contributed by atoms with Crippen molar-refractivity contribution in [2.24, 2.45) is 0 Å². The van der Waals surface area contributed by atoms with Crippen LogP contribution in [0.1, 0.15) is 33.2 Å². The maximum atomic E-state index is 13.2. The first-order valence-corrected chi connectivity index (χ1v) is 11.2. The fourth-order valence-corrected chi connectivity index (χ4v) is 4.46. The van der Waals surface area contributed by atoms with Gasteiger partial charge < -0.3 is 14.7 Å². The lowest BCUT2D eigenvalue weighted by atomic mass is 9.95. The van der Waals surface area contributed by atoms with Gasteiger partial charge in [-0.3, -0.25) is 9.89 Å². The van der Waals surface area contributed by atoms with E-state index in [1.807, 2.05) is 54.6 Å². The molecular weight excluding hydrogens is 450 g/mol. The molecule has 0 bridgehead atoms. The highest BCUT2D eigenvalue weighted by Gasteiger charge is 2.42. The average molecular weight is 472 g/mol. The van der Waals surface area contributed by atoms with Crippen LogP contribution < -0.4 is 4.74 Å². The molecule has 1 amide bonds. The summed E-state index contributed by atoms with van der Waals surface area (Å²) in [4.78, 5) is 15.0. The summed E-state index contributed by atoms with van der Waals surface area (Å²) in [7, 11) is 0. The molecule has 4 aromatic rings. The fourth-order valence-electron chi connectivity index (χ4n) is 4.29. The number of hydrogen-bond donors (Lipinski definition) is 2. The molecule has 6 nitrogen and oxygen atoms in total. The van der Waals surface area contributed by atoms with Gasteiger partial charge in [0.1, 0.15) is 29.5 Å². The number of nitrogens with zero attached hydrogens (tertiary/aromatic N) is 2. The molecule has 34 heavy (non-hydrogen) atoms. The number of nitrogens with one attached hydrogen (secondary N) is 1. The highest BCUT2D eigenvalue weighted by atomic mass is 35.5. The number of halogens is 1. The number of carbonyl (C=O) groups excluding carboxylic acids is 1. The van der Waals surface area contributed by atoms with E-state index in [2.05, 4.69) is 16.8 Å². The quantitative estimate of drug-likeness (QED) is 0.336. The van der Waals surface area contributed by atoms with E-state index < -0.39 is 6.04 Å². The zero-order valence-corrected chi connectivity index (χ0v) is 19.0. The Morgan fingerprint density at radius 3 is 2.74 bits per heavy atom. The maximum Gasteiger partial charge on any atom is 0.273 e. The number of phenols is 1. The van der Waals surface area contributed by atoms with Crippen LogP contribution in [0, 0.1) is 0 Å². The molecule has 1 unspecified atom stereocenters. The summed E-state index contributed by atoms with van der Waals surface area (Å²) in [5.74, 6) is 0.541. The minimum absolute atomic E-state index is 0.0343. The van der Waals surface area contributed by atoms with Gasteiger partial charge in [0.2, 0.25) is 0 Å². The number of H-pyrrole nitrogens is 1. The van der Waals surface area contributed by atoms with E-state index in [-0.39, 0.29) is 11.7 Å². The third-order valence-corrected chi connectivity index (χ3v) is 6.06. The Hall–Kier alpha value is -4.03. The molecule has 3 aromatic carbocycles. The smallest absolute Gasteiger partial charge is 0.273 e. The van der Waals surface area contributed by atoms with Gasteiger partial charge in [0.15, 0.2) is 0 Å². The van der Waals surface area contributed by atoms with Crippen molar-refractivity contribution in [2.75, 3.05) is 6.54 Å². The topological polar surface area (TPSA) is 78.5 Å². The number of carbonyl (C=O) groups is 1. The van der Waals surface area contributed by atoms with Gasteiger partial charge in [0, 0.05) is 22.7 Å². The number of ether oxygens (including phenoxy) is 1. The van der Waals surface area contributed by atoms with E-state index in [9.17, 15) is 9.90 Å². The number of benzene rings is 3. The Morgan fingerprint density at radius 2 is 1.94 bits per heavy atom. The Bertz CT molecular complexity index is 1370. The molecule has 1 aliphatic rings. The molecule has 2 N–H and O–H groups in total. The van der Waals surface area contributed by atoms with Gasteiger partial charge in [0.25, 0.3) is 5.91 Å². The largest absolute Gasteiger partial charge is 0.507 e. The van der Waals surface area contributed by atoms with E-state index in [4.69, 9.17) is 16.3 Å². The lowest BCUT2D eigenvalue weighted by Gasteiger charge is -2.25. The predicted molar refractivity (Wildman–Crippen MR) is 131 cm³/mol. The van der Waals surface area contributed by atoms with Crippen LogP contribution in [0.2, 0.25) is 5.02 Å². The summed E-state index contributed by atoms with van der Waals surface area (Å²) in [6.07, 6.45) is 1.69. The van der Waals surface area contributed by atoms with Crippen LogP contribution >= 0.6 is 11.6 Å². The number of rotatable bonds is 7. The Labute approximate surface area is 202 Å². The summed E-state index contributed by atoms with van der Waals surface area (Å²) >= 11 is 6.19. The molecule has 170 valence electrons. The SMILES string of the molecule is C=CCN1C(=O)c2[nH]nc(-c3cc(Cl)ccc3O)c2C1c1cccc(OCc2ccccc2)c1. The second kappa shape index (κ2) is 9.08. The van der Waals surface area contributed by atoms with Crippen molar-refractivity contribution >= 4 is 17.5 Å². The zero-order chi connectivity index (χ0) is 23.7. The van der Waals surface area contributed by atoms with Crippen LogP contribution in [0.4, 0.5) is 0 Å². The van der Waals surface area contributed by atoms with Crippen molar-refractivity contribution in [3.63, 3.8) is 0 Å². The molecule has 1 aliphatic heterocycles. The molecule has 7 heteroatoms. The van der Waals surface area contributed by atoms with E-state index in [0.29, 0.717) is 46.4 Å². The second-order valence-corrected chi connectivity index (χ2v) is 8.45. The van der Waals surface area contributed by atoms with Crippen molar-refractivity contribution < 1.29 is 14.6 Å². The van der Waals surface area contributed by atoms with Crippen LogP contribution in [-0.2, 0) is 6.61 Å². The van der Waals surface area contributed by atoms with Gasteiger partial charge in [-0.2, -0.15) is 5.10 Å². The monoisotopic (exact) mass is 471 g/mol. The summed E-state index contributed by atoms with van der Waals surface area (Å²) < 4.78 is 6.03. The molecule has 0 saturated heterocycles. The van der Waals surface area contributed by atoms with Gasteiger partial charge in [-0.1, -0.05) is 60.1 Å². The van der Waals surface area contributed by atoms with E-state index in [0.717, 1.165) is 11.1 Å². The summed E-state index contributed by atoms with van der Waals surface area (Å²) in [6.45, 7) is 4.60. The van der Waals surface area contributed by atoms with Crippen molar-refractivity contribution in [3.8, 4) is 22.8 Å². The molecule has 0 saturated carbocycles. The average Bonchev–Trinajstić information content (AvgIpc) is 3.39. The fraction of sp³-hybridized carbons (Fsp3) is 0.111. The molecule has 1 aromatic heterocycles. The van der Waals surface area contributed by atoms with Crippen molar-refractivity contribution in [3.05, 3.63) is 113 Å². The van der Waals surface area contributed by atoms with Gasteiger partial charge in [-0.15, -0.1) is 6.58 Å². The standard InChI is InChI=1S/C27H22ClN3O3/c1-2-13-31-26(18-9-6-10-20(14-18)34-16-17-7-4-3-5-8-17)23-24(29-30-25(23)27(31)33)21-15-19(28)11-12-22(21)32/h2-12,14-15,26,32H,1,13,16H2,(H,29,30). The third kappa shape index (κ3) is 3.93. The lowest BCUT2D eigenvalue weighted by Crippen LogP contribution is -2.29. The van der Waals surface area contributed by atoms with Gasteiger partial charge in [0.05, 0.1) is 6.04 Å². The highest BCUT2D eigenvalue weighted by Crippen LogP contribution is 2.45. The lowest BCUT2D eigenvalue weighted by molar-refractivity contribution is 0.0764. The molecule has 5 rings (SSSR count). The van der Waals surface area contributed by atoms with Crippen LogP contribution in [0.25, 0.3) is 11.3 Å². The Kier molecular flexibility index (Phi) is 5.82. The van der Waals surface area contributed by atoms with Crippen molar-refractivity contribution in [1.29, 1.82) is 0 Å². The first-order valence-electron chi connectivity index (χ1n) is 10.8. The molecule has 0 aliphatic carbocycles. The third-order valence-electron chi connectivity index (χ3n) is 5.83. The molecule has 1 atom stereocenters. The van der Waals surface area contributed by atoms with Gasteiger partial charge in [-0.25, -0.2) is 0 Å². The maximum absolute atomic E-state index is 13.2. The first-order chi connectivity index (χ1) is 16.6. The second-order valence-electron chi connectivity index (χ2n) is 8.02. The van der Waals surface area contributed by atoms with Crippen LogP contribution in [0.5, 0.6) is 11.5 Å². The molecule has 0 fully saturated rings. The predicted octanol–water partition coefficient (Wildman–Crippen LogP) is 5.75.